The number of rotatable bonds is 11. The average molecular weight is 487 g/mol. The number of alkyl carbamates (subject to hydrolysis) is 1. The molecule has 35 heavy (non-hydrogen) atoms. The topological polar surface area (TPSA) is 174 Å². The Labute approximate surface area is 201 Å². The first-order valence-electron chi connectivity index (χ1n) is 11.2. The lowest BCUT2D eigenvalue weighted by Gasteiger charge is -2.21. The standard InChI is InChI=1S/C23H30N6O6/c1-14(2)17(26-23(33)35-12-15-6-4-3-5-7-15)21(32)34-9-8-16(11-30)10-29-13-25-18-19(29)27-22(24)28-20(18)31/h3-7,13-14,16-17,30H,8-12H2,1-2H3,(H,26,33)(H3,24,27,28,31)/t16-,17+/m1/s1. The van der Waals surface area contributed by atoms with Crippen molar-refractivity contribution in [2.75, 3.05) is 18.9 Å². The van der Waals surface area contributed by atoms with Gasteiger partial charge in [-0.3, -0.25) is 9.78 Å². The Kier molecular flexibility index (Phi) is 8.79. The molecule has 0 bridgehead atoms. The van der Waals surface area contributed by atoms with Crippen molar-refractivity contribution in [2.24, 2.45) is 11.8 Å². The molecule has 0 fully saturated rings. The van der Waals surface area contributed by atoms with Crippen molar-refractivity contribution in [3.63, 3.8) is 0 Å². The lowest BCUT2D eigenvalue weighted by molar-refractivity contribution is -0.147. The molecule has 2 atom stereocenters. The van der Waals surface area contributed by atoms with E-state index in [1.165, 1.54) is 6.33 Å². The normalized spacial score (nSPS) is 12.9. The van der Waals surface area contributed by atoms with Crippen LogP contribution < -0.4 is 16.6 Å². The minimum absolute atomic E-state index is 0.0246. The molecule has 0 radical (unpaired) electrons. The maximum atomic E-state index is 12.6. The number of aromatic amines is 1. The first kappa shape index (κ1) is 25.7. The minimum atomic E-state index is -0.887. The van der Waals surface area contributed by atoms with Crippen molar-refractivity contribution in [3.8, 4) is 0 Å². The number of aliphatic hydroxyl groups is 1. The van der Waals surface area contributed by atoms with Crippen molar-refractivity contribution in [1.82, 2.24) is 24.8 Å². The Bertz CT molecular complexity index is 1190. The number of nitrogens with two attached hydrogens (primary N) is 1. The summed E-state index contributed by atoms with van der Waals surface area (Å²) >= 11 is 0. The highest BCUT2D eigenvalue weighted by Gasteiger charge is 2.26. The van der Waals surface area contributed by atoms with Crippen LogP contribution in [0.1, 0.15) is 25.8 Å². The molecule has 1 aromatic carbocycles. The second-order valence-electron chi connectivity index (χ2n) is 8.45. The van der Waals surface area contributed by atoms with Crippen LogP contribution in [0.4, 0.5) is 10.7 Å². The summed E-state index contributed by atoms with van der Waals surface area (Å²) in [6.45, 7) is 3.78. The number of esters is 1. The molecule has 0 aliphatic rings. The largest absolute Gasteiger partial charge is 0.464 e. The van der Waals surface area contributed by atoms with E-state index in [2.05, 4.69) is 20.3 Å². The van der Waals surface area contributed by atoms with Gasteiger partial charge < -0.3 is 30.2 Å². The van der Waals surface area contributed by atoms with Crippen molar-refractivity contribution in [3.05, 3.63) is 52.6 Å². The summed E-state index contributed by atoms with van der Waals surface area (Å²) in [5.41, 5.74) is 6.44. The molecule has 3 aromatic rings. The minimum Gasteiger partial charge on any atom is -0.464 e. The number of fused-ring (bicyclic) bond motifs is 1. The van der Waals surface area contributed by atoms with Crippen LogP contribution in [-0.2, 0) is 27.4 Å². The Balaban J connectivity index is 1.50. The van der Waals surface area contributed by atoms with Gasteiger partial charge in [0.1, 0.15) is 12.6 Å². The van der Waals surface area contributed by atoms with Gasteiger partial charge in [-0.25, -0.2) is 14.6 Å². The molecule has 0 saturated heterocycles. The fourth-order valence-electron chi connectivity index (χ4n) is 3.43. The molecule has 0 unspecified atom stereocenters. The van der Waals surface area contributed by atoms with E-state index in [4.69, 9.17) is 15.2 Å². The van der Waals surface area contributed by atoms with Gasteiger partial charge in [0.15, 0.2) is 11.2 Å². The molecule has 0 spiro atoms. The van der Waals surface area contributed by atoms with Gasteiger partial charge in [0, 0.05) is 19.1 Å². The van der Waals surface area contributed by atoms with Gasteiger partial charge >= 0.3 is 12.1 Å². The molecule has 188 valence electrons. The average Bonchev–Trinajstić information content (AvgIpc) is 3.23. The third kappa shape index (κ3) is 7.03. The molecule has 12 nitrogen and oxygen atoms in total. The molecule has 0 saturated carbocycles. The van der Waals surface area contributed by atoms with Gasteiger partial charge in [0.05, 0.1) is 12.9 Å². The van der Waals surface area contributed by atoms with Crippen molar-refractivity contribution in [2.45, 2.75) is 39.5 Å². The fraction of sp³-hybridized carbons (Fsp3) is 0.435. The maximum Gasteiger partial charge on any atom is 0.408 e. The van der Waals surface area contributed by atoms with Gasteiger partial charge in [0.25, 0.3) is 5.56 Å². The predicted molar refractivity (Wildman–Crippen MR) is 127 cm³/mol. The number of imidazole rings is 1. The third-order valence-electron chi connectivity index (χ3n) is 5.38. The fourth-order valence-corrected chi connectivity index (χ4v) is 3.43. The van der Waals surface area contributed by atoms with E-state index in [-0.39, 0.29) is 49.7 Å². The molecule has 3 rings (SSSR count). The number of nitrogens with one attached hydrogen (secondary N) is 2. The van der Waals surface area contributed by atoms with Crippen LogP contribution >= 0.6 is 0 Å². The maximum absolute atomic E-state index is 12.6. The van der Waals surface area contributed by atoms with E-state index in [1.54, 1.807) is 18.4 Å². The zero-order valence-corrected chi connectivity index (χ0v) is 19.6. The van der Waals surface area contributed by atoms with Crippen molar-refractivity contribution < 1.29 is 24.2 Å². The molecular formula is C23H30N6O6. The molecule has 1 amide bonds. The monoisotopic (exact) mass is 486 g/mol. The molecular weight excluding hydrogens is 456 g/mol. The van der Waals surface area contributed by atoms with E-state index in [0.717, 1.165) is 5.56 Å². The lowest BCUT2D eigenvalue weighted by atomic mass is 10.0. The van der Waals surface area contributed by atoms with Gasteiger partial charge in [-0.15, -0.1) is 0 Å². The summed E-state index contributed by atoms with van der Waals surface area (Å²) in [5.74, 6) is -1.16. The van der Waals surface area contributed by atoms with Crippen LogP contribution in [0.5, 0.6) is 0 Å². The van der Waals surface area contributed by atoms with E-state index in [9.17, 15) is 19.5 Å². The Hall–Kier alpha value is -3.93. The first-order valence-corrected chi connectivity index (χ1v) is 11.2. The summed E-state index contributed by atoms with van der Waals surface area (Å²) in [7, 11) is 0. The van der Waals surface area contributed by atoms with E-state index in [0.29, 0.717) is 12.1 Å². The highest BCUT2D eigenvalue weighted by molar-refractivity contribution is 5.81. The molecule has 0 aliphatic carbocycles. The number of carbonyl (C=O) groups excluding carboxylic acids is 2. The molecule has 2 aromatic heterocycles. The van der Waals surface area contributed by atoms with Crippen LogP contribution in [0.2, 0.25) is 0 Å². The SMILES string of the molecule is CC(C)[C@H](NC(=O)OCc1ccccc1)C(=O)OCC[C@@H](CO)Cn1cnc2c(=O)[nH]c(N)nc21. The van der Waals surface area contributed by atoms with E-state index < -0.39 is 23.7 Å². The second-order valence-corrected chi connectivity index (χ2v) is 8.45. The van der Waals surface area contributed by atoms with Gasteiger partial charge in [-0.05, 0) is 17.9 Å². The van der Waals surface area contributed by atoms with Crippen molar-refractivity contribution >= 4 is 29.2 Å². The van der Waals surface area contributed by atoms with Crippen LogP contribution in [-0.4, -0.2) is 55.9 Å². The van der Waals surface area contributed by atoms with Crippen LogP contribution in [0.15, 0.2) is 41.5 Å². The Morgan fingerprint density at radius 1 is 1.23 bits per heavy atom. The lowest BCUT2D eigenvalue weighted by Crippen LogP contribution is -2.45. The van der Waals surface area contributed by atoms with Crippen molar-refractivity contribution in [1.29, 1.82) is 0 Å². The number of aromatic nitrogens is 4. The van der Waals surface area contributed by atoms with Gasteiger partial charge in [0.2, 0.25) is 5.95 Å². The summed E-state index contributed by atoms with van der Waals surface area (Å²) in [4.78, 5) is 47.2. The van der Waals surface area contributed by atoms with E-state index >= 15 is 0 Å². The second kappa shape index (κ2) is 12.0. The molecule has 5 N–H and O–H groups in total. The summed E-state index contributed by atoms with van der Waals surface area (Å²) in [6, 6.07) is 8.31. The first-order chi connectivity index (χ1) is 16.8. The number of nitrogens with zero attached hydrogens (tertiary/aromatic N) is 3. The number of benzene rings is 1. The number of amides is 1. The number of H-pyrrole nitrogens is 1. The van der Waals surface area contributed by atoms with Gasteiger partial charge in [-0.2, -0.15) is 4.98 Å². The van der Waals surface area contributed by atoms with Crippen LogP contribution in [0.3, 0.4) is 0 Å². The van der Waals surface area contributed by atoms with Gasteiger partial charge in [-0.1, -0.05) is 44.2 Å². The number of hydrogen-bond donors (Lipinski definition) is 4. The number of anilines is 1. The van der Waals surface area contributed by atoms with E-state index in [1.807, 2.05) is 30.3 Å². The van der Waals surface area contributed by atoms with Crippen LogP contribution in [0, 0.1) is 11.8 Å². The number of hydrogen-bond acceptors (Lipinski definition) is 9. The predicted octanol–water partition coefficient (Wildman–Crippen LogP) is 1.19. The zero-order chi connectivity index (χ0) is 25.4. The van der Waals surface area contributed by atoms with Crippen LogP contribution in [0.25, 0.3) is 11.2 Å². The molecule has 12 heteroatoms. The zero-order valence-electron chi connectivity index (χ0n) is 19.6. The summed E-state index contributed by atoms with van der Waals surface area (Å²) < 4.78 is 12.2. The number of aliphatic hydroxyl groups excluding tert-OH is 1. The molecule has 2 heterocycles. The Morgan fingerprint density at radius 3 is 2.66 bits per heavy atom. The summed E-state index contributed by atoms with van der Waals surface area (Å²) in [6.07, 6.45) is 1.07. The number of nitrogen functional groups attached to an aromatic ring is 1. The Morgan fingerprint density at radius 2 is 1.97 bits per heavy atom. The number of carbonyl (C=O) groups is 2. The summed E-state index contributed by atoms with van der Waals surface area (Å²) in [5, 5.41) is 12.3. The quantitative estimate of drug-likeness (QED) is 0.290. The number of ether oxygens (including phenoxy) is 2. The molecule has 0 aliphatic heterocycles. The highest BCUT2D eigenvalue weighted by Crippen LogP contribution is 2.13. The smallest absolute Gasteiger partial charge is 0.408 e. The third-order valence-corrected chi connectivity index (χ3v) is 5.38. The highest BCUT2D eigenvalue weighted by atomic mass is 16.6.